The van der Waals surface area contributed by atoms with Crippen LogP contribution in [-0.2, 0) is 4.57 Å². The van der Waals surface area contributed by atoms with Crippen LogP contribution in [0.4, 0.5) is 0 Å². The third kappa shape index (κ3) is 4.68. The summed E-state index contributed by atoms with van der Waals surface area (Å²) >= 11 is 0. The molecule has 0 unspecified atom stereocenters. The van der Waals surface area contributed by atoms with E-state index in [4.69, 9.17) is 9.79 Å². The predicted octanol–water partition coefficient (Wildman–Crippen LogP) is 2.34. The Morgan fingerprint density at radius 3 is 1.67 bits per heavy atom. The lowest BCUT2D eigenvalue weighted by Gasteiger charge is -2.21. The van der Waals surface area contributed by atoms with Gasteiger partial charge in [0.15, 0.2) is 0 Å². The Labute approximate surface area is 84.9 Å². The molecule has 0 aromatic carbocycles. The molecular weight excluding hydrogens is 222 g/mol. The fourth-order valence-electron chi connectivity index (χ4n) is 1.42. The van der Waals surface area contributed by atoms with Gasteiger partial charge in [-0.25, -0.2) is 0 Å². The van der Waals surface area contributed by atoms with Crippen molar-refractivity contribution in [3.8, 4) is 0 Å². The lowest BCUT2D eigenvalue weighted by molar-refractivity contribution is 0.337. The van der Waals surface area contributed by atoms with Gasteiger partial charge in [0.05, 0.1) is 5.66 Å². The highest BCUT2D eigenvalue weighted by molar-refractivity contribution is 7.52. The Morgan fingerprint density at radius 1 is 1.00 bits per heavy atom. The molecule has 0 aromatic heterocycles. The zero-order valence-electron chi connectivity index (χ0n) is 6.68. The normalized spacial score (nSPS) is 19.2. The fourth-order valence-corrected chi connectivity index (χ4v) is 2.46. The quantitative estimate of drug-likeness (QED) is 0.688. The molecule has 1 rings (SSSR count). The van der Waals surface area contributed by atoms with E-state index in [1.165, 1.54) is 0 Å². The van der Waals surface area contributed by atoms with Crippen LogP contribution in [-0.4, -0.2) is 15.4 Å². The van der Waals surface area contributed by atoms with Crippen molar-refractivity contribution in [3.63, 3.8) is 0 Å². The summed E-state index contributed by atoms with van der Waals surface area (Å²) in [6, 6.07) is 0. The summed E-state index contributed by atoms with van der Waals surface area (Å²) in [4.78, 5) is 17.5. The van der Waals surface area contributed by atoms with Crippen LogP contribution in [0.2, 0.25) is 0 Å². The van der Waals surface area contributed by atoms with Crippen LogP contribution in [0.1, 0.15) is 32.1 Å². The molecule has 0 spiro atoms. The van der Waals surface area contributed by atoms with Crippen LogP contribution in [0.15, 0.2) is 0 Å². The Morgan fingerprint density at radius 2 is 1.42 bits per heavy atom. The summed E-state index contributed by atoms with van der Waals surface area (Å²) in [5.41, 5.74) is -0.332. The minimum absolute atomic E-state index is 0. The van der Waals surface area contributed by atoms with E-state index in [1.807, 2.05) is 0 Å². The minimum atomic E-state index is -3.74. The first-order chi connectivity index (χ1) is 4.61. The number of hydrogen-bond donors (Lipinski definition) is 2. The predicted molar refractivity (Wildman–Crippen MR) is 53.4 cm³/mol. The SMILES string of the molecule is Cl.Cl.O=P(O)(O)C1CCCCC1. The molecule has 1 saturated carbocycles. The maximum Gasteiger partial charge on any atom is 0.328 e. The third-order valence-corrected chi connectivity index (χ3v) is 3.52. The van der Waals surface area contributed by atoms with Crippen LogP contribution in [0.25, 0.3) is 0 Å². The Balaban J connectivity index is 0. The zero-order chi connectivity index (χ0) is 7.61. The smallest absolute Gasteiger partial charge is 0.324 e. The van der Waals surface area contributed by atoms with Gasteiger partial charge in [0.1, 0.15) is 0 Å². The minimum Gasteiger partial charge on any atom is -0.324 e. The van der Waals surface area contributed by atoms with E-state index in [9.17, 15) is 4.57 Å². The second kappa shape index (κ2) is 6.22. The molecule has 76 valence electrons. The van der Waals surface area contributed by atoms with Crippen LogP contribution in [0, 0.1) is 0 Å². The van der Waals surface area contributed by atoms with Gasteiger partial charge in [-0.1, -0.05) is 19.3 Å². The van der Waals surface area contributed by atoms with Gasteiger partial charge in [-0.2, -0.15) is 0 Å². The molecule has 2 N–H and O–H groups in total. The van der Waals surface area contributed by atoms with Crippen molar-refractivity contribution in [3.05, 3.63) is 0 Å². The van der Waals surface area contributed by atoms with Gasteiger partial charge in [0.2, 0.25) is 0 Å². The highest BCUT2D eigenvalue weighted by Crippen LogP contribution is 2.47. The molecule has 0 bridgehead atoms. The van der Waals surface area contributed by atoms with Gasteiger partial charge in [-0.05, 0) is 12.8 Å². The molecule has 1 fully saturated rings. The number of halogens is 2. The van der Waals surface area contributed by atoms with Gasteiger partial charge in [0, 0.05) is 0 Å². The van der Waals surface area contributed by atoms with Gasteiger partial charge in [-0.3, -0.25) is 4.57 Å². The van der Waals surface area contributed by atoms with Crippen molar-refractivity contribution in [2.75, 3.05) is 0 Å². The van der Waals surface area contributed by atoms with Gasteiger partial charge >= 0.3 is 7.60 Å². The molecular formula is C6H15Cl2O3P. The molecule has 0 atom stereocenters. The van der Waals surface area contributed by atoms with Gasteiger partial charge in [-0.15, -0.1) is 24.8 Å². The van der Waals surface area contributed by atoms with E-state index in [1.54, 1.807) is 0 Å². The van der Waals surface area contributed by atoms with Crippen molar-refractivity contribution in [2.24, 2.45) is 0 Å². The van der Waals surface area contributed by atoms with Crippen molar-refractivity contribution >= 4 is 32.4 Å². The van der Waals surface area contributed by atoms with Crippen LogP contribution < -0.4 is 0 Å². The average Bonchev–Trinajstić information content (AvgIpc) is 1.88. The summed E-state index contributed by atoms with van der Waals surface area (Å²) in [7, 11) is -3.74. The Bertz CT molecular complexity index is 153. The maximum atomic E-state index is 10.7. The lowest BCUT2D eigenvalue weighted by Crippen LogP contribution is -2.12. The van der Waals surface area contributed by atoms with Gasteiger partial charge < -0.3 is 9.79 Å². The van der Waals surface area contributed by atoms with E-state index in [2.05, 4.69) is 0 Å². The molecule has 1 aliphatic rings. The molecule has 0 aromatic rings. The summed E-state index contributed by atoms with van der Waals surface area (Å²) in [5.74, 6) is 0. The number of rotatable bonds is 1. The van der Waals surface area contributed by atoms with E-state index >= 15 is 0 Å². The first kappa shape index (κ1) is 15.2. The second-order valence-corrected chi connectivity index (χ2v) is 4.79. The summed E-state index contributed by atoms with van der Waals surface area (Å²) in [6.07, 6.45) is 4.52. The number of hydrogen-bond acceptors (Lipinski definition) is 1. The Kier molecular flexibility index (Phi) is 7.89. The second-order valence-electron chi connectivity index (χ2n) is 2.88. The van der Waals surface area contributed by atoms with E-state index in [0.717, 1.165) is 19.3 Å². The summed E-state index contributed by atoms with van der Waals surface area (Å²) in [5, 5.41) is 0. The van der Waals surface area contributed by atoms with Crippen molar-refractivity contribution in [2.45, 2.75) is 37.8 Å². The summed E-state index contributed by atoms with van der Waals surface area (Å²) in [6.45, 7) is 0. The highest BCUT2D eigenvalue weighted by Gasteiger charge is 2.29. The van der Waals surface area contributed by atoms with Crippen molar-refractivity contribution in [1.82, 2.24) is 0 Å². The monoisotopic (exact) mass is 236 g/mol. The fraction of sp³-hybridized carbons (Fsp3) is 1.00. The molecule has 12 heavy (non-hydrogen) atoms. The van der Waals surface area contributed by atoms with Crippen LogP contribution in [0.5, 0.6) is 0 Å². The molecule has 0 aliphatic heterocycles. The first-order valence-electron chi connectivity index (χ1n) is 3.66. The van der Waals surface area contributed by atoms with Crippen molar-refractivity contribution in [1.29, 1.82) is 0 Å². The highest BCUT2D eigenvalue weighted by atomic mass is 35.5. The van der Waals surface area contributed by atoms with E-state index in [0.29, 0.717) is 12.8 Å². The van der Waals surface area contributed by atoms with Crippen LogP contribution in [0.3, 0.4) is 0 Å². The molecule has 1 aliphatic carbocycles. The topological polar surface area (TPSA) is 57.5 Å². The average molecular weight is 237 g/mol. The first-order valence-corrected chi connectivity index (χ1v) is 5.34. The largest absolute Gasteiger partial charge is 0.328 e. The molecule has 0 saturated heterocycles. The molecule has 3 nitrogen and oxygen atoms in total. The third-order valence-electron chi connectivity index (χ3n) is 2.05. The Hall–Kier alpha value is 0.730. The van der Waals surface area contributed by atoms with Crippen molar-refractivity contribution < 1.29 is 14.4 Å². The van der Waals surface area contributed by atoms with Crippen LogP contribution >= 0.6 is 32.4 Å². The molecule has 0 amide bonds. The molecule has 6 heteroatoms. The standard InChI is InChI=1S/C6H13O3P.2ClH/c7-10(8,9)6-4-2-1-3-5-6;;/h6H,1-5H2,(H2,7,8,9);2*1H. The molecule has 0 heterocycles. The van der Waals surface area contributed by atoms with E-state index in [-0.39, 0.29) is 30.5 Å². The maximum absolute atomic E-state index is 10.7. The summed E-state index contributed by atoms with van der Waals surface area (Å²) < 4.78 is 10.7. The zero-order valence-corrected chi connectivity index (χ0v) is 9.21. The lowest BCUT2D eigenvalue weighted by atomic mass is 10.0. The molecule has 0 radical (unpaired) electrons. The van der Waals surface area contributed by atoms with E-state index < -0.39 is 7.60 Å². The van der Waals surface area contributed by atoms with Gasteiger partial charge in [0.25, 0.3) is 0 Å².